The molecule has 1 heterocycles. The number of halogens is 1. The van der Waals surface area contributed by atoms with Gasteiger partial charge in [0, 0.05) is 11.6 Å². The molecule has 0 bridgehead atoms. The number of anilines is 1. The van der Waals surface area contributed by atoms with Crippen LogP contribution in [0.1, 0.15) is 24.6 Å². The maximum absolute atomic E-state index is 13.0. The van der Waals surface area contributed by atoms with E-state index in [1.807, 2.05) is 0 Å². The molecule has 0 saturated heterocycles. The van der Waals surface area contributed by atoms with E-state index in [0.717, 1.165) is 25.0 Å². The fourth-order valence-electron chi connectivity index (χ4n) is 2.62. The number of nitrogens with one attached hydrogen (secondary N) is 1. The van der Waals surface area contributed by atoms with E-state index in [1.54, 1.807) is 0 Å². The minimum Gasteiger partial charge on any atom is -0.324 e. The summed E-state index contributed by atoms with van der Waals surface area (Å²) in [7, 11) is -3.76. The van der Waals surface area contributed by atoms with Crippen molar-refractivity contribution in [3.63, 3.8) is 0 Å². The Balaban J connectivity index is 1.42. The average Bonchev–Trinajstić information content (AvgIpc) is 3.42. The minimum atomic E-state index is -3.76. The third kappa shape index (κ3) is 3.91. The van der Waals surface area contributed by atoms with Crippen molar-refractivity contribution in [2.24, 2.45) is 0 Å². The lowest BCUT2D eigenvalue weighted by Gasteiger charge is -2.07. The Hall–Kier alpha value is -3.14. The molecule has 1 aromatic heterocycles. The summed E-state index contributed by atoms with van der Waals surface area (Å²) in [6, 6.07) is 10.3. The van der Waals surface area contributed by atoms with Crippen molar-refractivity contribution in [3.8, 4) is 0 Å². The normalized spacial score (nSPS) is 14.0. The van der Waals surface area contributed by atoms with E-state index < -0.39 is 15.7 Å². The van der Waals surface area contributed by atoms with Crippen LogP contribution in [0.4, 0.5) is 10.1 Å². The number of carbonyl (C=O) groups excluding carboxylic acids is 1. The lowest BCUT2D eigenvalue weighted by Crippen LogP contribution is -2.20. The smallest absolute Gasteiger partial charge is 0.248 e. The van der Waals surface area contributed by atoms with Crippen molar-refractivity contribution in [1.29, 1.82) is 0 Å². The summed E-state index contributed by atoms with van der Waals surface area (Å²) in [5, 5.41) is 14.6. The molecule has 0 atom stereocenters. The van der Waals surface area contributed by atoms with E-state index in [0.29, 0.717) is 17.4 Å². The lowest BCUT2D eigenvalue weighted by atomic mass is 10.3. The summed E-state index contributed by atoms with van der Waals surface area (Å²) in [6.45, 7) is -0.0879. The van der Waals surface area contributed by atoms with Crippen LogP contribution in [0.5, 0.6) is 0 Å². The first-order valence-electron chi connectivity index (χ1n) is 8.60. The van der Waals surface area contributed by atoms with Gasteiger partial charge >= 0.3 is 0 Å². The zero-order chi connectivity index (χ0) is 19.7. The van der Waals surface area contributed by atoms with Gasteiger partial charge in [-0.05, 0) is 66.6 Å². The van der Waals surface area contributed by atoms with Crippen LogP contribution in [0.3, 0.4) is 0 Å². The number of sulfone groups is 1. The number of amides is 1. The number of benzene rings is 2. The molecule has 4 rings (SSSR count). The highest BCUT2D eigenvalue weighted by atomic mass is 32.2. The van der Waals surface area contributed by atoms with Gasteiger partial charge in [0.1, 0.15) is 12.4 Å². The van der Waals surface area contributed by atoms with Crippen LogP contribution in [0.2, 0.25) is 0 Å². The SMILES string of the molecule is O=C(Cn1nnc(C2CC2)n1)Nc1ccc(S(=O)(=O)c2ccc(F)cc2)cc1. The number of hydrogen-bond donors (Lipinski definition) is 1. The van der Waals surface area contributed by atoms with E-state index in [2.05, 4.69) is 20.7 Å². The molecule has 1 amide bonds. The van der Waals surface area contributed by atoms with Crippen LogP contribution < -0.4 is 5.32 Å². The predicted octanol–water partition coefficient (Wildman–Crippen LogP) is 2.16. The number of nitrogens with zero attached hydrogens (tertiary/aromatic N) is 4. The number of carbonyl (C=O) groups is 1. The molecule has 1 N–H and O–H groups in total. The van der Waals surface area contributed by atoms with Crippen LogP contribution in [0, 0.1) is 5.82 Å². The van der Waals surface area contributed by atoms with E-state index in [4.69, 9.17) is 0 Å². The van der Waals surface area contributed by atoms with Crippen molar-refractivity contribution in [2.45, 2.75) is 35.1 Å². The Labute approximate surface area is 160 Å². The average molecular weight is 401 g/mol. The van der Waals surface area contributed by atoms with Gasteiger partial charge in [-0.1, -0.05) is 0 Å². The first-order chi connectivity index (χ1) is 13.4. The molecule has 3 aromatic rings. The van der Waals surface area contributed by atoms with Gasteiger partial charge in [-0.15, -0.1) is 10.2 Å². The van der Waals surface area contributed by atoms with Gasteiger partial charge in [0.15, 0.2) is 5.82 Å². The van der Waals surface area contributed by atoms with Gasteiger partial charge in [-0.2, -0.15) is 4.80 Å². The zero-order valence-electron chi connectivity index (χ0n) is 14.6. The van der Waals surface area contributed by atoms with Crippen molar-refractivity contribution < 1.29 is 17.6 Å². The van der Waals surface area contributed by atoms with E-state index in [1.165, 1.54) is 41.2 Å². The quantitative estimate of drug-likeness (QED) is 0.635. The molecule has 0 spiro atoms. The van der Waals surface area contributed by atoms with Crippen molar-refractivity contribution in [3.05, 3.63) is 60.2 Å². The fraction of sp³-hybridized carbons (Fsp3) is 0.222. The molecule has 2 aromatic carbocycles. The molecule has 0 unspecified atom stereocenters. The summed E-state index contributed by atoms with van der Waals surface area (Å²) in [5.74, 6) is 0.146. The minimum absolute atomic E-state index is 0.00518. The van der Waals surface area contributed by atoms with Crippen LogP contribution in [-0.4, -0.2) is 34.5 Å². The Morgan fingerprint density at radius 3 is 2.29 bits per heavy atom. The molecule has 1 saturated carbocycles. The van der Waals surface area contributed by atoms with Crippen LogP contribution in [0.25, 0.3) is 0 Å². The Morgan fingerprint density at radius 2 is 1.68 bits per heavy atom. The van der Waals surface area contributed by atoms with Gasteiger partial charge in [0.05, 0.1) is 9.79 Å². The zero-order valence-corrected chi connectivity index (χ0v) is 15.4. The maximum Gasteiger partial charge on any atom is 0.248 e. The molecule has 1 aliphatic rings. The predicted molar refractivity (Wildman–Crippen MR) is 96.7 cm³/mol. The molecular weight excluding hydrogens is 385 g/mol. The van der Waals surface area contributed by atoms with Crippen molar-refractivity contribution >= 4 is 21.4 Å². The molecule has 10 heteroatoms. The molecule has 8 nitrogen and oxygen atoms in total. The van der Waals surface area contributed by atoms with Crippen LogP contribution in [-0.2, 0) is 21.2 Å². The Bertz CT molecular complexity index is 1110. The summed E-state index contributed by atoms with van der Waals surface area (Å²) in [4.78, 5) is 13.4. The van der Waals surface area contributed by atoms with Crippen molar-refractivity contribution in [1.82, 2.24) is 20.2 Å². The summed E-state index contributed by atoms with van der Waals surface area (Å²) in [5.41, 5.74) is 0.436. The molecule has 0 radical (unpaired) electrons. The molecule has 1 fully saturated rings. The van der Waals surface area contributed by atoms with Crippen LogP contribution >= 0.6 is 0 Å². The highest BCUT2D eigenvalue weighted by Gasteiger charge is 2.28. The Kier molecular flexibility index (Phi) is 4.63. The number of hydrogen-bond acceptors (Lipinski definition) is 6. The van der Waals surface area contributed by atoms with Gasteiger partial charge in [0.2, 0.25) is 15.7 Å². The second-order valence-electron chi connectivity index (χ2n) is 6.48. The summed E-state index contributed by atoms with van der Waals surface area (Å²) in [6.07, 6.45) is 2.09. The number of tetrazole rings is 1. The topological polar surface area (TPSA) is 107 Å². The van der Waals surface area contributed by atoms with Gasteiger partial charge < -0.3 is 5.32 Å². The van der Waals surface area contributed by atoms with E-state index in [9.17, 15) is 17.6 Å². The molecule has 28 heavy (non-hydrogen) atoms. The molecule has 0 aliphatic heterocycles. The first-order valence-corrected chi connectivity index (χ1v) is 10.1. The highest BCUT2D eigenvalue weighted by molar-refractivity contribution is 7.91. The monoisotopic (exact) mass is 401 g/mol. The fourth-order valence-corrected chi connectivity index (χ4v) is 3.88. The van der Waals surface area contributed by atoms with Gasteiger partial charge in [-0.3, -0.25) is 4.79 Å². The third-order valence-corrected chi connectivity index (χ3v) is 6.05. The van der Waals surface area contributed by atoms with Crippen molar-refractivity contribution in [2.75, 3.05) is 5.32 Å². The lowest BCUT2D eigenvalue weighted by molar-refractivity contribution is -0.117. The van der Waals surface area contributed by atoms with E-state index in [-0.39, 0.29) is 22.2 Å². The maximum atomic E-state index is 13.0. The first kappa shape index (κ1) is 18.2. The molecule has 144 valence electrons. The summed E-state index contributed by atoms with van der Waals surface area (Å²) >= 11 is 0. The Morgan fingerprint density at radius 1 is 1.07 bits per heavy atom. The molecule has 1 aliphatic carbocycles. The summed E-state index contributed by atoms with van der Waals surface area (Å²) < 4.78 is 38.1. The van der Waals surface area contributed by atoms with Gasteiger partial charge in [-0.25, -0.2) is 12.8 Å². The second kappa shape index (κ2) is 7.12. The van der Waals surface area contributed by atoms with E-state index >= 15 is 0 Å². The standard InChI is InChI=1S/C18H16FN5O3S/c19-13-3-7-15(8-4-13)28(26,27)16-9-5-14(6-10-16)20-17(25)11-24-22-18(21-23-24)12-1-2-12/h3-10,12H,1-2,11H2,(H,20,25). The highest BCUT2D eigenvalue weighted by Crippen LogP contribution is 2.37. The second-order valence-corrected chi connectivity index (χ2v) is 8.43. The largest absolute Gasteiger partial charge is 0.324 e. The van der Waals surface area contributed by atoms with Crippen LogP contribution in [0.15, 0.2) is 58.3 Å². The molecular formula is C18H16FN5O3S. The van der Waals surface area contributed by atoms with Gasteiger partial charge in [0.25, 0.3) is 0 Å². The number of aromatic nitrogens is 4. The number of rotatable bonds is 6. The third-order valence-electron chi connectivity index (χ3n) is 4.27.